The molecule has 0 fully saturated rings. The fourth-order valence-corrected chi connectivity index (χ4v) is 2.94. The lowest BCUT2D eigenvalue weighted by atomic mass is 10.2. The van der Waals surface area contributed by atoms with Gasteiger partial charge in [-0.3, -0.25) is 0 Å². The number of anilines is 1. The Labute approximate surface area is 127 Å². The van der Waals surface area contributed by atoms with Crippen molar-refractivity contribution in [2.75, 3.05) is 11.9 Å². The molecule has 0 atom stereocenters. The van der Waals surface area contributed by atoms with Gasteiger partial charge in [0.2, 0.25) is 0 Å². The predicted molar refractivity (Wildman–Crippen MR) is 89.3 cm³/mol. The Morgan fingerprint density at radius 2 is 1.95 bits per heavy atom. The molecule has 0 bridgehead atoms. The molecule has 2 nitrogen and oxygen atoms in total. The summed E-state index contributed by atoms with van der Waals surface area (Å²) >= 11 is 3.59. The molecular formula is C17H17BrN2. The first-order valence-electron chi connectivity index (χ1n) is 6.78. The lowest BCUT2D eigenvalue weighted by Crippen LogP contribution is -2.09. The molecule has 0 aliphatic rings. The maximum Gasteiger partial charge on any atom is 0.0492 e. The van der Waals surface area contributed by atoms with Gasteiger partial charge in [0, 0.05) is 40.3 Å². The molecule has 0 spiro atoms. The van der Waals surface area contributed by atoms with Crippen molar-refractivity contribution in [1.29, 1.82) is 0 Å². The number of aromatic nitrogens is 1. The van der Waals surface area contributed by atoms with Crippen molar-refractivity contribution in [3.05, 3.63) is 64.8 Å². The fraction of sp³-hybridized carbons (Fsp3) is 0.176. The van der Waals surface area contributed by atoms with E-state index >= 15 is 0 Å². The first-order chi connectivity index (χ1) is 9.74. The molecule has 1 N–H and O–H groups in total. The molecule has 3 heteroatoms. The topological polar surface area (TPSA) is 17.0 Å². The van der Waals surface area contributed by atoms with E-state index in [1.807, 2.05) is 0 Å². The zero-order valence-corrected chi connectivity index (χ0v) is 13.0. The number of benzene rings is 2. The van der Waals surface area contributed by atoms with E-state index in [-0.39, 0.29) is 0 Å². The van der Waals surface area contributed by atoms with E-state index in [0.29, 0.717) is 0 Å². The van der Waals surface area contributed by atoms with Crippen molar-refractivity contribution < 1.29 is 0 Å². The van der Waals surface area contributed by atoms with Gasteiger partial charge in [-0.05, 0) is 42.8 Å². The summed E-state index contributed by atoms with van der Waals surface area (Å²) in [5, 5.41) is 4.74. The number of aryl methyl sites for hydroxylation is 1. The number of nitrogens with zero attached hydrogens (tertiary/aromatic N) is 1. The Morgan fingerprint density at radius 3 is 2.80 bits per heavy atom. The van der Waals surface area contributed by atoms with Crippen LogP contribution in [0.1, 0.15) is 5.56 Å². The fourth-order valence-electron chi connectivity index (χ4n) is 2.46. The van der Waals surface area contributed by atoms with Crippen molar-refractivity contribution in [3.63, 3.8) is 0 Å². The molecule has 0 unspecified atom stereocenters. The summed E-state index contributed by atoms with van der Waals surface area (Å²) in [4.78, 5) is 0. The SMILES string of the molecule is Cc1cccc(NCCn2ccc3c(Br)cccc32)c1. The van der Waals surface area contributed by atoms with Crippen LogP contribution >= 0.6 is 15.9 Å². The Bertz CT molecular complexity index is 731. The van der Waals surface area contributed by atoms with Gasteiger partial charge in [0.25, 0.3) is 0 Å². The average Bonchev–Trinajstić information content (AvgIpc) is 2.84. The number of rotatable bonds is 4. The Morgan fingerprint density at radius 1 is 1.10 bits per heavy atom. The van der Waals surface area contributed by atoms with Crippen LogP contribution in [0.2, 0.25) is 0 Å². The first-order valence-corrected chi connectivity index (χ1v) is 7.57. The van der Waals surface area contributed by atoms with Gasteiger partial charge in [-0.25, -0.2) is 0 Å². The summed E-state index contributed by atoms with van der Waals surface area (Å²) in [6, 6.07) is 17.0. The van der Waals surface area contributed by atoms with Crippen LogP contribution in [0, 0.1) is 6.92 Å². The Kier molecular flexibility index (Phi) is 3.79. The smallest absolute Gasteiger partial charge is 0.0492 e. The summed E-state index contributed by atoms with van der Waals surface area (Å²) in [6.07, 6.45) is 2.15. The van der Waals surface area contributed by atoms with Gasteiger partial charge in [0.1, 0.15) is 0 Å². The molecule has 0 saturated heterocycles. The summed E-state index contributed by atoms with van der Waals surface area (Å²) in [7, 11) is 0. The molecule has 1 heterocycles. The summed E-state index contributed by atoms with van der Waals surface area (Å²) in [5.74, 6) is 0. The maximum absolute atomic E-state index is 3.59. The van der Waals surface area contributed by atoms with E-state index in [9.17, 15) is 0 Å². The van der Waals surface area contributed by atoms with E-state index in [0.717, 1.165) is 17.6 Å². The van der Waals surface area contributed by atoms with Gasteiger partial charge in [-0.2, -0.15) is 0 Å². The quantitative estimate of drug-likeness (QED) is 0.726. The minimum absolute atomic E-state index is 0.916. The monoisotopic (exact) mass is 328 g/mol. The van der Waals surface area contributed by atoms with Gasteiger partial charge < -0.3 is 9.88 Å². The highest BCUT2D eigenvalue weighted by Crippen LogP contribution is 2.24. The van der Waals surface area contributed by atoms with E-state index < -0.39 is 0 Å². The van der Waals surface area contributed by atoms with Gasteiger partial charge >= 0.3 is 0 Å². The van der Waals surface area contributed by atoms with E-state index in [1.54, 1.807) is 0 Å². The average molecular weight is 329 g/mol. The van der Waals surface area contributed by atoms with Crippen molar-refractivity contribution in [2.24, 2.45) is 0 Å². The molecule has 3 rings (SSSR count). The maximum atomic E-state index is 3.59. The number of hydrogen-bond acceptors (Lipinski definition) is 1. The normalized spacial score (nSPS) is 10.9. The zero-order valence-electron chi connectivity index (χ0n) is 11.4. The highest BCUT2D eigenvalue weighted by atomic mass is 79.9. The molecule has 0 amide bonds. The van der Waals surface area contributed by atoms with Crippen molar-refractivity contribution in [2.45, 2.75) is 13.5 Å². The molecular weight excluding hydrogens is 312 g/mol. The van der Waals surface area contributed by atoms with E-state index in [2.05, 4.69) is 87.5 Å². The van der Waals surface area contributed by atoms with Crippen LogP contribution in [0.3, 0.4) is 0 Å². The summed E-state index contributed by atoms with van der Waals surface area (Å²) in [6.45, 7) is 3.98. The molecule has 2 aromatic carbocycles. The molecule has 0 radical (unpaired) electrons. The van der Waals surface area contributed by atoms with E-state index in [4.69, 9.17) is 0 Å². The minimum atomic E-state index is 0.916. The summed E-state index contributed by atoms with van der Waals surface area (Å²) in [5.41, 5.74) is 3.73. The van der Waals surface area contributed by atoms with Crippen LogP contribution in [0.4, 0.5) is 5.69 Å². The molecule has 102 valence electrons. The molecule has 1 aromatic heterocycles. The lowest BCUT2D eigenvalue weighted by molar-refractivity contribution is 0.757. The second kappa shape index (κ2) is 5.71. The van der Waals surface area contributed by atoms with Crippen molar-refractivity contribution in [3.8, 4) is 0 Å². The molecule has 0 aliphatic carbocycles. The third-order valence-electron chi connectivity index (χ3n) is 3.46. The van der Waals surface area contributed by atoms with Crippen LogP contribution in [0.15, 0.2) is 59.2 Å². The Balaban J connectivity index is 1.70. The zero-order chi connectivity index (χ0) is 13.9. The highest BCUT2D eigenvalue weighted by Gasteiger charge is 2.03. The Hall–Kier alpha value is -1.74. The first kappa shape index (κ1) is 13.3. The second-order valence-corrected chi connectivity index (χ2v) is 5.83. The number of nitrogens with one attached hydrogen (secondary N) is 1. The van der Waals surface area contributed by atoms with Crippen molar-refractivity contribution >= 4 is 32.5 Å². The predicted octanol–water partition coefficient (Wildman–Crippen LogP) is 4.82. The van der Waals surface area contributed by atoms with Gasteiger partial charge in [0.05, 0.1) is 0 Å². The highest BCUT2D eigenvalue weighted by molar-refractivity contribution is 9.10. The van der Waals surface area contributed by atoms with Crippen LogP contribution in [0.5, 0.6) is 0 Å². The van der Waals surface area contributed by atoms with Crippen molar-refractivity contribution in [1.82, 2.24) is 4.57 Å². The van der Waals surface area contributed by atoms with Gasteiger partial charge in [-0.15, -0.1) is 0 Å². The second-order valence-electron chi connectivity index (χ2n) is 4.98. The summed E-state index contributed by atoms with van der Waals surface area (Å²) < 4.78 is 3.43. The standard InChI is InChI=1S/C17H17BrN2/c1-13-4-2-5-14(12-13)19-9-11-20-10-8-15-16(18)6-3-7-17(15)20/h2-8,10,12,19H,9,11H2,1H3. The van der Waals surface area contributed by atoms with Crippen LogP contribution in [-0.2, 0) is 6.54 Å². The molecule has 20 heavy (non-hydrogen) atoms. The molecule has 3 aromatic rings. The minimum Gasteiger partial charge on any atom is -0.383 e. The molecule has 0 saturated carbocycles. The van der Waals surface area contributed by atoms with Crippen LogP contribution < -0.4 is 5.32 Å². The van der Waals surface area contributed by atoms with Gasteiger partial charge in [0.15, 0.2) is 0 Å². The lowest BCUT2D eigenvalue weighted by Gasteiger charge is -2.09. The van der Waals surface area contributed by atoms with E-state index in [1.165, 1.54) is 22.2 Å². The third-order valence-corrected chi connectivity index (χ3v) is 4.15. The third kappa shape index (κ3) is 2.73. The van der Waals surface area contributed by atoms with Crippen LogP contribution in [0.25, 0.3) is 10.9 Å². The number of halogens is 1. The number of fused-ring (bicyclic) bond motifs is 1. The number of hydrogen-bond donors (Lipinski definition) is 1. The molecule has 0 aliphatic heterocycles. The largest absolute Gasteiger partial charge is 0.383 e. The van der Waals surface area contributed by atoms with Crippen LogP contribution in [-0.4, -0.2) is 11.1 Å². The van der Waals surface area contributed by atoms with Gasteiger partial charge in [-0.1, -0.05) is 34.1 Å².